The van der Waals surface area contributed by atoms with Crippen molar-refractivity contribution in [3.8, 4) is 0 Å². The summed E-state index contributed by atoms with van der Waals surface area (Å²) >= 11 is 3.23. The molecule has 0 unspecified atom stereocenters. The van der Waals surface area contributed by atoms with Crippen LogP contribution in [0.5, 0.6) is 0 Å². The Morgan fingerprint density at radius 3 is 2.94 bits per heavy atom. The van der Waals surface area contributed by atoms with Crippen LogP contribution < -0.4 is 10.6 Å². The molecule has 166 valence electrons. The van der Waals surface area contributed by atoms with Crippen LogP contribution in [0.4, 0.5) is 15.1 Å². The third-order valence-electron chi connectivity index (χ3n) is 5.84. The molecule has 3 N–H and O–H groups in total. The number of likely N-dealkylation sites (tertiary alicyclic amines) is 1. The number of carbonyl (C=O) groups is 2. The van der Waals surface area contributed by atoms with E-state index in [9.17, 15) is 19.1 Å². The molecule has 1 aromatic carbocycles. The topological polar surface area (TPSA) is 81.7 Å². The highest BCUT2D eigenvalue weighted by Gasteiger charge is 2.38. The summed E-state index contributed by atoms with van der Waals surface area (Å²) in [4.78, 5) is 28.7. The van der Waals surface area contributed by atoms with Gasteiger partial charge in [0.1, 0.15) is 10.8 Å². The first-order valence-electron chi connectivity index (χ1n) is 10.3. The molecule has 1 aromatic heterocycles. The van der Waals surface area contributed by atoms with Crippen molar-refractivity contribution < 1.29 is 19.1 Å². The lowest BCUT2D eigenvalue weighted by Gasteiger charge is -2.26. The number of hydrogen-bond donors (Lipinski definition) is 3. The highest BCUT2D eigenvalue weighted by atomic mass is 127. The van der Waals surface area contributed by atoms with E-state index >= 15 is 0 Å². The standard InChI is InChI=1S/C22H25FIN3O3S/c1-22(2)9-14-17(21(30)27-7-3-4-13(27)10-28)20(31-18(14)19(29)25-11-22)26-16-6-5-12(24)8-15(16)23/h5-6,8,13,26,28H,3-4,7,9-11H2,1-2H3,(H,25,29)/t13-/m0/s1. The normalized spacial score (nSPS) is 20.2. The number of carbonyl (C=O) groups excluding carboxylic acids is 2. The summed E-state index contributed by atoms with van der Waals surface area (Å²) in [5.74, 6) is -0.850. The fraction of sp³-hybridized carbons (Fsp3) is 0.455. The van der Waals surface area contributed by atoms with Gasteiger partial charge in [0, 0.05) is 16.7 Å². The van der Waals surface area contributed by atoms with Gasteiger partial charge >= 0.3 is 0 Å². The van der Waals surface area contributed by atoms with Gasteiger partial charge in [0.2, 0.25) is 0 Å². The molecule has 1 saturated heterocycles. The molecule has 4 rings (SSSR count). The Labute approximate surface area is 198 Å². The summed E-state index contributed by atoms with van der Waals surface area (Å²) in [5, 5.41) is 16.2. The van der Waals surface area contributed by atoms with E-state index in [4.69, 9.17) is 0 Å². The number of aliphatic hydroxyl groups is 1. The summed E-state index contributed by atoms with van der Waals surface area (Å²) < 4.78 is 15.3. The number of rotatable bonds is 4. The third-order valence-corrected chi connectivity index (χ3v) is 7.66. The van der Waals surface area contributed by atoms with Crippen LogP contribution in [0.1, 0.15) is 52.3 Å². The van der Waals surface area contributed by atoms with Gasteiger partial charge in [-0.15, -0.1) is 11.3 Å². The quantitative estimate of drug-likeness (QED) is 0.494. The molecule has 2 aliphatic heterocycles. The van der Waals surface area contributed by atoms with E-state index in [2.05, 4.69) is 10.6 Å². The van der Waals surface area contributed by atoms with E-state index in [-0.39, 0.29) is 35.6 Å². The number of aliphatic hydroxyl groups excluding tert-OH is 1. The predicted molar refractivity (Wildman–Crippen MR) is 128 cm³/mol. The van der Waals surface area contributed by atoms with Crippen molar-refractivity contribution in [1.82, 2.24) is 10.2 Å². The lowest BCUT2D eigenvalue weighted by atomic mass is 9.85. The van der Waals surface area contributed by atoms with E-state index in [1.165, 1.54) is 17.4 Å². The van der Waals surface area contributed by atoms with Crippen LogP contribution in [0, 0.1) is 14.8 Å². The van der Waals surface area contributed by atoms with Gasteiger partial charge in [-0.3, -0.25) is 9.59 Å². The molecule has 1 atom stereocenters. The number of nitrogens with one attached hydrogen (secondary N) is 2. The second-order valence-electron chi connectivity index (χ2n) is 8.86. The van der Waals surface area contributed by atoms with Crippen molar-refractivity contribution >= 4 is 56.4 Å². The summed E-state index contributed by atoms with van der Waals surface area (Å²) in [6.45, 7) is 5.07. The molecule has 0 spiro atoms. The Balaban J connectivity index is 1.83. The Morgan fingerprint density at radius 1 is 1.45 bits per heavy atom. The Kier molecular flexibility index (Phi) is 6.28. The molecule has 0 aliphatic carbocycles. The average Bonchev–Trinajstić information content (AvgIpc) is 3.30. The fourth-order valence-corrected chi connectivity index (χ4v) is 5.82. The number of hydrogen-bond acceptors (Lipinski definition) is 5. The molecule has 0 radical (unpaired) electrons. The number of thiophene rings is 1. The summed E-state index contributed by atoms with van der Waals surface area (Å²) in [7, 11) is 0. The van der Waals surface area contributed by atoms with Gasteiger partial charge in [0.15, 0.2) is 0 Å². The van der Waals surface area contributed by atoms with Crippen LogP contribution >= 0.6 is 33.9 Å². The van der Waals surface area contributed by atoms with Gasteiger partial charge in [-0.2, -0.15) is 0 Å². The molecule has 3 heterocycles. The van der Waals surface area contributed by atoms with Gasteiger partial charge < -0.3 is 20.6 Å². The predicted octanol–water partition coefficient (Wildman–Crippen LogP) is 4.14. The van der Waals surface area contributed by atoms with Crippen molar-refractivity contribution in [3.63, 3.8) is 0 Å². The first-order chi connectivity index (χ1) is 14.7. The number of benzene rings is 1. The maximum absolute atomic E-state index is 14.6. The first-order valence-corrected chi connectivity index (χ1v) is 12.2. The Bertz CT molecular complexity index is 1040. The minimum absolute atomic E-state index is 0.0987. The SMILES string of the molecule is CC1(C)CNC(=O)c2sc(Nc3ccc(I)cc3F)c(C(=O)N3CCC[C@H]3CO)c2C1. The molecule has 2 amide bonds. The van der Waals surface area contributed by atoms with Crippen LogP contribution in [0.3, 0.4) is 0 Å². The molecule has 6 nitrogen and oxygen atoms in total. The van der Waals surface area contributed by atoms with E-state index in [0.717, 1.165) is 16.4 Å². The molecule has 31 heavy (non-hydrogen) atoms. The molecule has 2 aromatic rings. The van der Waals surface area contributed by atoms with Crippen molar-refractivity contribution in [3.05, 3.63) is 43.6 Å². The zero-order valence-corrected chi connectivity index (χ0v) is 20.4. The van der Waals surface area contributed by atoms with E-state index in [0.29, 0.717) is 40.5 Å². The molecule has 2 aliphatic rings. The summed E-state index contributed by atoms with van der Waals surface area (Å²) in [6.07, 6.45) is 2.12. The third kappa shape index (κ3) is 4.45. The van der Waals surface area contributed by atoms with Crippen molar-refractivity contribution in [1.29, 1.82) is 0 Å². The highest BCUT2D eigenvalue weighted by molar-refractivity contribution is 14.1. The number of anilines is 2. The van der Waals surface area contributed by atoms with Gasteiger partial charge in [-0.05, 0) is 71.0 Å². The van der Waals surface area contributed by atoms with Gasteiger partial charge in [-0.25, -0.2) is 4.39 Å². The smallest absolute Gasteiger partial charge is 0.261 e. The zero-order valence-electron chi connectivity index (χ0n) is 17.4. The Hall–Kier alpha value is -1.72. The molecule has 9 heteroatoms. The van der Waals surface area contributed by atoms with Crippen LogP contribution in [0.15, 0.2) is 18.2 Å². The summed E-state index contributed by atoms with van der Waals surface area (Å²) in [6, 6.07) is 4.59. The molecular formula is C22H25FIN3O3S. The first kappa shape index (κ1) is 22.5. The van der Waals surface area contributed by atoms with Gasteiger partial charge in [0.25, 0.3) is 11.8 Å². The monoisotopic (exact) mass is 557 g/mol. The minimum Gasteiger partial charge on any atom is -0.394 e. The number of amides is 2. The lowest BCUT2D eigenvalue weighted by Crippen LogP contribution is -2.38. The maximum Gasteiger partial charge on any atom is 0.261 e. The minimum atomic E-state index is -0.423. The fourth-order valence-electron chi connectivity index (χ4n) is 4.22. The molecule has 1 fully saturated rings. The second-order valence-corrected chi connectivity index (χ2v) is 11.1. The number of halogens is 2. The van der Waals surface area contributed by atoms with Gasteiger partial charge in [0.05, 0.1) is 28.8 Å². The largest absolute Gasteiger partial charge is 0.394 e. The van der Waals surface area contributed by atoms with E-state index < -0.39 is 5.82 Å². The molecule has 0 bridgehead atoms. The Morgan fingerprint density at radius 2 is 2.23 bits per heavy atom. The van der Waals surface area contributed by atoms with Crippen LogP contribution in [0.25, 0.3) is 0 Å². The van der Waals surface area contributed by atoms with Crippen molar-refractivity contribution in [2.45, 2.75) is 39.2 Å². The zero-order chi connectivity index (χ0) is 22.3. The summed E-state index contributed by atoms with van der Waals surface area (Å²) in [5.41, 5.74) is 1.14. The van der Waals surface area contributed by atoms with E-state index in [1.54, 1.807) is 17.0 Å². The number of fused-ring (bicyclic) bond motifs is 1. The van der Waals surface area contributed by atoms with E-state index in [1.807, 2.05) is 36.4 Å². The molecule has 0 saturated carbocycles. The highest BCUT2D eigenvalue weighted by Crippen LogP contribution is 2.42. The lowest BCUT2D eigenvalue weighted by molar-refractivity contribution is 0.0677. The van der Waals surface area contributed by atoms with Crippen molar-refractivity contribution in [2.24, 2.45) is 5.41 Å². The van der Waals surface area contributed by atoms with Crippen LogP contribution in [0.2, 0.25) is 0 Å². The van der Waals surface area contributed by atoms with Crippen LogP contribution in [-0.4, -0.2) is 47.6 Å². The second kappa shape index (κ2) is 8.67. The number of nitrogens with zero attached hydrogens (tertiary/aromatic N) is 1. The average molecular weight is 557 g/mol. The van der Waals surface area contributed by atoms with Crippen LogP contribution in [-0.2, 0) is 6.42 Å². The van der Waals surface area contributed by atoms with Crippen molar-refractivity contribution in [2.75, 3.05) is 25.0 Å². The molecular weight excluding hydrogens is 532 g/mol. The maximum atomic E-state index is 14.6. The van der Waals surface area contributed by atoms with Gasteiger partial charge in [-0.1, -0.05) is 13.8 Å².